The second kappa shape index (κ2) is 4.01. The summed E-state index contributed by atoms with van der Waals surface area (Å²) < 4.78 is 0. The van der Waals surface area contributed by atoms with Gasteiger partial charge in [0.2, 0.25) is 0 Å². The Kier molecular flexibility index (Phi) is 2.55. The van der Waals surface area contributed by atoms with Crippen molar-refractivity contribution in [3.05, 3.63) is 60.7 Å². The monoisotopic (exact) mass is 196 g/mol. The number of allylic oxidation sites excluding steroid dienone is 2. The number of rotatable bonds is 2. The molecule has 0 unspecified atom stereocenters. The molecule has 0 bridgehead atoms. The van der Waals surface area contributed by atoms with Crippen molar-refractivity contribution >= 4 is 16.8 Å². The summed E-state index contributed by atoms with van der Waals surface area (Å²) in [7, 11) is 0. The first-order valence-electron chi connectivity index (χ1n) is 4.83. The van der Waals surface area contributed by atoms with Crippen molar-refractivity contribution in [2.75, 3.05) is 0 Å². The molecule has 0 atom stereocenters. The lowest BCUT2D eigenvalue weighted by molar-refractivity contribution is 0.481. The molecule has 2 aromatic rings. The van der Waals surface area contributed by atoms with Gasteiger partial charge in [-0.3, -0.25) is 0 Å². The van der Waals surface area contributed by atoms with E-state index in [0.29, 0.717) is 5.75 Å². The molecule has 0 aliphatic heterocycles. The zero-order valence-corrected chi connectivity index (χ0v) is 8.35. The van der Waals surface area contributed by atoms with Crippen molar-refractivity contribution < 1.29 is 5.11 Å². The molecule has 15 heavy (non-hydrogen) atoms. The minimum absolute atomic E-state index is 0.321. The molecular weight excluding hydrogens is 184 g/mol. The third-order valence-corrected chi connectivity index (χ3v) is 2.35. The fraction of sp³-hybridized carbons (Fsp3) is 0. The van der Waals surface area contributed by atoms with Crippen molar-refractivity contribution in [2.24, 2.45) is 0 Å². The van der Waals surface area contributed by atoms with Crippen molar-refractivity contribution in [2.45, 2.75) is 0 Å². The molecule has 0 aromatic heterocycles. The highest BCUT2D eigenvalue weighted by molar-refractivity contribution is 5.94. The molecule has 2 aromatic carbocycles. The lowest BCUT2D eigenvalue weighted by Gasteiger charge is -2.03. The smallest absolute Gasteiger partial charge is 0.123 e. The molecule has 0 aliphatic rings. The summed E-state index contributed by atoms with van der Waals surface area (Å²) in [4.78, 5) is 0. The molecule has 0 radical (unpaired) electrons. The van der Waals surface area contributed by atoms with Gasteiger partial charge in [0.25, 0.3) is 0 Å². The topological polar surface area (TPSA) is 20.2 Å². The van der Waals surface area contributed by atoms with Gasteiger partial charge in [-0.25, -0.2) is 0 Å². The van der Waals surface area contributed by atoms with Gasteiger partial charge in [-0.05, 0) is 17.0 Å². The van der Waals surface area contributed by atoms with E-state index in [0.717, 1.165) is 16.3 Å². The van der Waals surface area contributed by atoms with Gasteiger partial charge in [-0.15, -0.1) is 0 Å². The Bertz CT molecular complexity index is 524. The average molecular weight is 196 g/mol. The molecule has 74 valence electrons. The maximum absolute atomic E-state index is 9.68. The fourth-order valence-corrected chi connectivity index (χ4v) is 1.62. The standard InChI is InChI=1S/C14H12O/c1-2-3-6-11-9-10-14(15)13-8-5-4-7-12(11)13/h2-10,15H,1H2/b6-3+. The Morgan fingerprint density at radius 2 is 1.73 bits per heavy atom. The molecule has 1 N–H and O–H groups in total. The maximum atomic E-state index is 9.68. The molecule has 1 nitrogen and oxygen atoms in total. The van der Waals surface area contributed by atoms with Gasteiger partial charge < -0.3 is 5.11 Å². The van der Waals surface area contributed by atoms with Crippen molar-refractivity contribution in [3.63, 3.8) is 0 Å². The Morgan fingerprint density at radius 3 is 2.47 bits per heavy atom. The van der Waals surface area contributed by atoms with Crippen LogP contribution in [0, 0.1) is 0 Å². The summed E-state index contributed by atoms with van der Waals surface area (Å²) in [5.41, 5.74) is 1.09. The molecule has 0 spiro atoms. The van der Waals surface area contributed by atoms with Crippen LogP contribution in [-0.2, 0) is 0 Å². The highest BCUT2D eigenvalue weighted by Gasteiger charge is 2.01. The van der Waals surface area contributed by atoms with E-state index in [1.54, 1.807) is 12.1 Å². The fourth-order valence-electron chi connectivity index (χ4n) is 1.62. The molecule has 0 aliphatic carbocycles. The highest BCUT2D eigenvalue weighted by atomic mass is 16.3. The molecule has 0 heterocycles. The lowest BCUT2D eigenvalue weighted by Crippen LogP contribution is -1.78. The van der Waals surface area contributed by atoms with Gasteiger partial charge in [0, 0.05) is 5.39 Å². The molecule has 0 saturated carbocycles. The van der Waals surface area contributed by atoms with Gasteiger partial charge in [-0.2, -0.15) is 0 Å². The van der Waals surface area contributed by atoms with Crippen LogP contribution in [0.4, 0.5) is 0 Å². The van der Waals surface area contributed by atoms with E-state index in [2.05, 4.69) is 6.58 Å². The first kappa shape index (κ1) is 9.53. The van der Waals surface area contributed by atoms with Gasteiger partial charge in [0.1, 0.15) is 5.75 Å². The van der Waals surface area contributed by atoms with E-state index in [-0.39, 0.29) is 0 Å². The molecule has 0 fully saturated rings. The third-order valence-electron chi connectivity index (χ3n) is 2.35. The minimum Gasteiger partial charge on any atom is -0.507 e. The van der Waals surface area contributed by atoms with Crippen LogP contribution in [0.1, 0.15) is 5.56 Å². The van der Waals surface area contributed by atoms with Gasteiger partial charge in [-0.1, -0.05) is 55.1 Å². The van der Waals surface area contributed by atoms with Crippen LogP contribution < -0.4 is 0 Å². The van der Waals surface area contributed by atoms with E-state index < -0.39 is 0 Å². The number of fused-ring (bicyclic) bond motifs is 1. The number of hydrogen-bond donors (Lipinski definition) is 1. The summed E-state index contributed by atoms with van der Waals surface area (Å²) in [6.07, 6.45) is 5.61. The number of benzene rings is 2. The molecule has 0 amide bonds. The lowest BCUT2D eigenvalue weighted by atomic mass is 10.0. The second-order valence-electron chi connectivity index (χ2n) is 3.31. The van der Waals surface area contributed by atoms with Crippen LogP contribution in [0.25, 0.3) is 16.8 Å². The van der Waals surface area contributed by atoms with Crippen molar-refractivity contribution in [3.8, 4) is 5.75 Å². The normalized spacial score (nSPS) is 10.9. The van der Waals surface area contributed by atoms with Crippen molar-refractivity contribution in [1.82, 2.24) is 0 Å². The Balaban J connectivity index is 2.71. The van der Waals surface area contributed by atoms with E-state index in [4.69, 9.17) is 0 Å². The van der Waals surface area contributed by atoms with Crippen LogP contribution in [0.5, 0.6) is 5.75 Å². The first-order chi connectivity index (χ1) is 7.33. The minimum atomic E-state index is 0.321. The Hall–Kier alpha value is -2.02. The van der Waals surface area contributed by atoms with Crippen molar-refractivity contribution in [1.29, 1.82) is 0 Å². The van der Waals surface area contributed by atoms with Crippen LogP contribution in [0.3, 0.4) is 0 Å². The molecule has 2 rings (SSSR count). The quantitative estimate of drug-likeness (QED) is 0.725. The zero-order valence-electron chi connectivity index (χ0n) is 8.35. The highest BCUT2D eigenvalue weighted by Crippen LogP contribution is 2.27. The number of hydrogen-bond acceptors (Lipinski definition) is 1. The van der Waals surface area contributed by atoms with Crippen LogP contribution >= 0.6 is 0 Å². The third kappa shape index (κ3) is 1.77. The van der Waals surface area contributed by atoms with Gasteiger partial charge in [0.05, 0.1) is 0 Å². The Morgan fingerprint density at radius 1 is 1.00 bits per heavy atom. The predicted octanol–water partition coefficient (Wildman–Crippen LogP) is 3.74. The number of phenolic OH excluding ortho intramolecular Hbond substituents is 1. The largest absolute Gasteiger partial charge is 0.507 e. The van der Waals surface area contributed by atoms with E-state index in [1.807, 2.05) is 42.5 Å². The molecule has 0 saturated heterocycles. The predicted molar refractivity (Wildman–Crippen MR) is 64.8 cm³/mol. The van der Waals surface area contributed by atoms with Crippen LogP contribution in [-0.4, -0.2) is 5.11 Å². The summed E-state index contributed by atoms with van der Waals surface area (Å²) in [6.45, 7) is 3.64. The average Bonchev–Trinajstić information content (AvgIpc) is 2.29. The molecular formula is C14H12O. The summed E-state index contributed by atoms with van der Waals surface area (Å²) in [6, 6.07) is 11.4. The van der Waals surface area contributed by atoms with E-state index in [1.165, 1.54) is 0 Å². The summed E-state index contributed by atoms with van der Waals surface area (Å²) >= 11 is 0. The summed E-state index contributed by atoms with van der Waals surface area (Å²) in [5, 5.41) is 11.6. The number of aromatic hydroxyl groups is 1. The SMILES string of the molecule is C=C/C=C/c1ccc(O)c2ccccc12. The maximum Gasteiger partial charge on any atom is 0.123 e. The second-order valence-corrected chi connectivity index (χ2v) is 3.31. The molecule has 1 heteroatoms. The first-order valence-corrected chi connectivity index (χ1v) is 4.83. The van der Waals surface area contributed by atoms with Crippen LogP contribution in [0.15, 0.2) is 55.1 Å². The zero-order chi connectivity index (χ0) is 10.7. The van der Waals surface area contributed by atoms with E-state index >= 15 is 0 Å². The van der Waals surface area contributed by atoms with E-state index in [9.17, 15) is 5.11 Å². The summed E-state index contributed by atoms with van der Waals surface area (Å²) in [5.74, 6) is 0.321. The van der Waals surface area contributed by atoms with Gasteiger partial charge in [0.15, 0.2) is 0 Å². The van der Waals surface area contributed by atoms with Gasteiger partial charge >= 0.3 is 0 Å². The number of phenols is 1. The van der Waals surface area contributed by atoms with Crippen LogP contribution in [0.2, 0.25) is 0 Å². The Labute approximate surface area is 89.0 Å².